The molecule has 3 aromatic rings. The molecule has 6 nitrogen and oxygen atoms in total. The van der Waals surface area contributed by atoms with Gasteiger partial charge >= 0.3 is 5.97 Å². The first-order valence-electron chi connectivity index (χ1n) is 8.23. The summed E-state index contributed by atoms with van der Waals surface area (Å²) < 4.78 is 2.48. The standard InChI is InChI=1S/C19H18BrN3O3/c1-2-14-17(23-11-13(20)8-9-16(23)21-14)18(24)22-15(19(25)26)10-12-6-4-3-5-7-12/h3-9,11,15H,2,10H2,1H3,(H,22,24)(H,25,26). The molecule has 0 saturated carbocycles. The lowest BCUT2D eigenvalue weighted by molar-refractivity contribution is -0.139. The number of imidazole rings is 1. The van der Waals surface area contributed by atoms with E-state index in [1.54, 1.807) is 16.7 Å². The number of hydrogen-bond donors (Lipinski definition) is 2. The normalized spacial score (nSPS) is 12.1. The van der Waals surface area contributed by atoms with E-state index >= 15 is 0 Å². The van der Waals surface area contributed by atoms with Gasteiger partial charge in [0, 0.05) is 17.1 Å². The highest BCUT2D eigenvalue weighted by Crippen LogP contribution is 2.18. The summed E-state index contributed by atoms with van der Waals surface area (Å²) in [4.78, 5) is 29.0. The molecule has 1 amide bonds. The van der Waals surface area contributed by atoms with Crippen molar-refractivity contribution in [3.8, 4) is 0 Å². The predicted octanol–water partition coefficient (Wildman–Crippen LogP) is 3.08. The minimum absolute atomic E-state index is 0.212. The van der Waals surface area contributed by atoms with Crippen molar-refractivity contribution in [3.05, 3.63) is 70.1 Å². The molecule has 0 aliphatic rings. The fourth-order valence-corrected chi connectivity index (χ4v) is 3.17. The maximum Gasteiger partial charge on any atom is 0.326 e. The number of pyridine rings is 1. The largest absolute Gasteiger partial charge is 0.480 e. The van der Waals surface area contributed by atoms with E-state index in [0.29, 0.717) is 23.5 Å². The van der Waals surface area contributed by atoms with Crippen molar-refractivity contribution in [2.45, 2.75) is 25.8 Å². The molecule has 1 atom stereocenters. The minimum atomic E-state index is -1.07. The van der Waals surface area contributed by atoms with Crippen LogP contribution < -0.4 is 5.32 Å². The number of aryl methyl sites for hydroxylation is 1. The Morgan fingerprint density at radius 2 is 1.96 bits per heavy atom. The van der Waals surface area contributed by atoms with Gasteiger partial charge in [0.25, 0.3) is 5.91 Å². The Morgan fingerprint density at radius 1 is 1.23 bits per heavy atom. The van der Waals surface area contributed by atoms with Crippen LogP contribution >= 0.6 is 15.9 Å². The van der Waals surface area contributed by atoms with Crippen LogP contribution in [0.2, 0.25) is 0 Å². The number of aromatic nitrogens is 2. The second-order valence-corrected chi connectivity index (χ2v) is 6.81. The summed E-state index contributed by atoms with van der Waals surface area (Å²) in [6.07, 6.45) is 2.53. The second kappa shape index (κ2) is 7.70. The Hall–Kier alpha value is -2.67. The number of aliphatic carboxylic acids is 1. The third kappa shape index (κ3) is 3.77. The summed E-state index contributed by atoms with van der Waals surface area (Å²) in [7, 11) is 0. The van der Waals surface area contributed by atoms with Crippen LogP contribution in [-0.2, 0) is 17.6 Å². The second-order valence-electron chi connectivity index (χ2n) is 5.89. The number of amides is 1. The van der Waals surface area contributed by atoms with E-state index in [1.807, 2.05) is 43.3 Å². The lowest BCUT2D eigenvalue weighted by Gasteiger charge is -2.15. The molecule has 0 aliphatic carbocycles. The van der Waals surface area contributed by atoms with E-state index in [4.69, 9.17) is 0 Å². The predicted molar refractivity (Wildman–Crippen MR) is 101 cm³/mol. The van der Waals surface area contributed by atoms with Gasteiger partial charge in [-0.1, -0.05) is 37.3 Å². The van der Waals surface area contributed by atoms with Crippen molar-refractivity contribution in [3.63, 3.8) is 0 Å². The molecule has 26 heavy (non-hydrogen) atoms. The van der Waals surface area contributed by atoms with Gasteiger partial charge in [-0.25, -0.2) is 9.78 Å². The molecule has 1 aromatic carbocycles. The summed E-state index contributed by atoms with van der Waals surface area (Å²) in [6, 6.07) is 11.8. The van der Waals surface area contributed by atoms with Crippen molar-refractivity contribution in [1.29, 1.82) is 0 Å². The van der Waals surface area contributed by atoms with Gasteiger partial charge in [0.2, 0.25) is 0 Å². The Morgan fingerprint density at radius 3 is 2.62 bits per heavy atom. The summed E-state index contributed by atoms with van der Waals surface area (Å²) in [5, 5.41) is 12.2. The molecule has 2 N–H and O–H groups in total. The van der Waals surface area contributed by atoms with Crippen LogP contribution in [0.4, 0.5) is 0 Å². The molecule has 0 fully saturated rings. The number of carbonyl (C=O) groups excluding carboxylic acids is 1. The number of carboxylic acids is 1. The van der Waals surface area contributed by atoms with Crippen molar-refractivity contribution < 1.29 is 14.7 Å². The number of rotatable bonds is 6. The van der Waals surface area contributed by atoms with Crippen LogP contribution in [0.1, 0.15) is 28.7 Å². The molecule has 3 rings (SSSR count). The Bertz CT molecular complexity index is 953. The molecule has 0 bridgehead atoms. The van der Waals surface area contributed by atoms with Crippen LogP contribution in [0.5, 0.6) is 0 Å². The molecule has 2 aromatic heterocycles. The van der Waals surface area contributed by atoms with Crippen LogP contribution in [-0.4, -0.2) is 32.4 Å². The average molecular weight is 416 g/mol. The SMILES string of the molecule is CCc1nc2ccc(Br)cn2c1C(=O)NC(Cc1ccccc1)C(=O)O. The van der Waals surface area contributed by atoms with E-state index in [0.717, 1.165) is 10.0 Å². The average Bonchev–Trinajstić information content (AvgIpc) is 2.99. The summed E-state index contributed by atoms with van der Waals surface area (Å²) in [5.74, 6) is -1.52. The fraction of sp³-hybridized carbons (Fsp3) is 0.211. The Balaban J connectivity index is 1.91. The molecular weight excluding hydrogens is 398 g/mol. The van der Waals surface area contributed by atoms with Crippen molar-refractivity contribution >= 4 is 33.5 Å². The maximum atomic E-state index is 12.9. The molecule has 0 saturated heterocycles. The molecular formula is C19H18BrN3O3. The van der Waals surface area contributed by atoms with Crippen molar-refractivity contribution in [1.82, 2.24) is 14.7 Å². The third-order valence-electron chi connectivity index (χ3n) is 4.09. The first kappa shape index (κ1) is 18.1. The number of nitrogens with one attached hydrogen (secondary N) is 1. The van der Waals surface area contributed by atoms with E-state index in [1.165, 1.54) is 0 Å². The lowest BCUT2D eigenvalue weighted by atomic mass is 10.1. The smallest absolute Gasteiger partial charge is 0.326 e. The minimum Gasteiger partial charge on any atom is -0.480 e. The molecule has 0 spiro atoms. The van der Waals surface area contributed by atoms with Crippen LogP contribution in [0, 0.1) is 0 Å². The number of benzene rings is 1. The first-order chi connectivity index (χ1) is 12.5. The zero-order chi connectivity index (χ0) is 18.7. The molecule has 134 valence electrons. The van der Waals surface area contributed by atoms with Gasteiger partial charge in [0.15, 0.2) is 0 Å². The highest BCUT2D eigenvalue weighted by Gasteiger charge is 2.25. The highest BCUT2D eigenvalue weighted by molar-refractivity contribution is 9.10. The zero-order valence-electron chi connectivity index (χ0n) is 14.1. The van der Waals surface area contributed by atoms with Gasteiger partial charge < -0.3 is 10.4 Å². The number of carboxylic acid groups (broad SMARTS) is 1. The summed E-state index contributed by atoms with van der Waals surface area (Å²) >= 11 is 3.39. The number of hydrogen-bond acceptors (Lipinski definition) is 3. The highest BCUT2D eigenvalue weighted by atomic mass is 79.9. The number of nitrogens with zero attached hydrogens (tertiary/aromatic N) is 2. The summed E-state index contributed by atoms with van der Waals surface area (Å²) in [5.41, 5.74) is 2.48. The van der Waals surface area contributed by atoms with Crippen LogP contribution in [0.3, 0.4) is 0 Å². The molecule has 0 aliphatic heterocycles. The molecule has 7 heteroatoms. The van der Waals surface area contributed by atoms with E-state index in [-0.39, 0.29) is 6.42 Å². The van der Waals surface area contributed by atoms with Gasteiger partial charge in [-0.3, -0.25) is 9.20 Å². The van der Waals surface area contributed by atoms with Gasteiger partial charge in [-0.2, -0.15) is 0 Å². The van der Waals surface area contributed by atoms with Crippen molar-refractivity contribution in [2.75, 3.05) is 0 Å². The Kier molecular flexibility index (Phi) is 5.37. The maximum absolute atomic E-state index is 12.9. The van der Waals surface area contributed by atoms with E-state index < -0.39 is 17.9 Å². The van der Waals surface area contributed by atoms with Gasteiger partial charge in [0.1, 0.15) is 17.4 Å². The number of carbonyl (C=O) groups is 2. The molecule has 2 heterocycles. The number of fused-ring (bicyclic) bond motifs is 1. The van der Waals surface area contributed by atoms with Crippen molar-refractivity contribution in [2.24, 2.45) is 0 Å². The Labute approximate surface area is 159 Å². The molecule has 0 radical (unpaired) electrons. The molecule has 1 unspecified atom stereocenters. The van der Waals surface area contributed by atoms with Gasteiger partial charge in [-0.05, 0) is 40.0 Å². The third-order valence-corrected chi connectivity index (χ3v) is 4.56. The van der Waals surface area contributed by atoms with Gasteiger partial charge in [0.05, 0.1) is 5.69 Å². The lowest BCUT2D eigenvalue weighted by Crippen LogP contribution is -2.43. The van der Waals surface area contributed by atoms with Crippen LogP contribution in [0.15, 0.2) is 53.1 Å². The topological polar surface area (TPSA) is 83.7 Å². The zero-order valence-corrected chi connectivity index (χ0v) is 15.7. The quantitative estimate of drug-likeness (QED) is 0.647. The number of halogens is 1. The fourth-order valence-electron chi connectivity index (χ4n) is 2.83. The van der Waals surface area contributed by atoms with E-state index in [9.17, 15) is 14.7 Å². The monoisotopic (exact) mass is 415 g/mol. The van der Waals surface area contributed by atoms with Crippen LogP contribution in [0.25, 0.3) is 5.65 Å². The van der Waals surface area contributed by atoms with Gasteiger partial charge in [-0.15, -0.1) is 0 Å². The van der Waals surface area contributed by atoms with E-state index in [2.05, 4.69) is 26.2 Å². The first-order valence-corrected chi connectivity index (χ1v) is 9.03. The summed E-state index contributed by atoms with van der Waals surface area (Å²) in [6.45, 7) is 1.91.